The molecule has 0 spiro atoms. The van der Waals surface area contributed by atoms with E-state index in [9.17, 15) is 0 Å². The van der Waals surface area contributed by atoms with Crippen molar-refractivity contribution in [2.75, 3.05) is 7.11 Å². The highest BCUT2D eigenvalue weighted by Crippen LogP contribution is 2.28. The van der Waals surface area contributed by atoms with Crippen molar-refractivity contribution in [1.82, 2.24) is 15.6 Å². The zero-order valence-electron chi connectivity index (χ0n) is 17.9. The summed E-state index contributed by atoms with van der Waals surface area (Å²) in [5.41, 5.74) is 6.40. The van der Waals surface area contributed by atoms with E-state index in [2.05, 4.69) is 65.0 Å². The van der Waals surface area contributed by atoms with Crippen LogP contribution in [0, 0.1) is 0 Å². The maximum Gasteiger partial charge on any atom is 0.123 e. The van der Waals surface area contributed by atoms with E-state index in [4.69, 9.17) is 4.74 Å². The fourth-order valence-corrected chi connectivity index (χ4v) is 4.23. The van der Waals surface area contributed by atoms with Gasteiger partial charge < -0.3 is 15.4 Å². The number of benzene rings is 2. The van der Waals surface area contributed by atoms with Crippen molar-refractivity contribution in [2.45, 2.75) is 51.4 Å². The molecule has 0 amide bonds. The van der Waals surface area contributed by atoms with Crippen molar-refractivity contribution < 1.29 is 4.74 Å². The molecule has 0 saturated heterocycles. The van der Waals surface area contributed by atoms with Gasteiger partial charge in [-0.05, 0) is 55.0 Å². The van der Waals surface area contributed by atoms with Crippen LogP contribution in [0.25, 0.3) is 0 Å². The number of methoxy groups -OCH3 is 1. The van der Waals surface area contributed by atoms with Gasteiger partial charge in [-0.1, -0.05) is 48.5 Å². The third-order valence-electron chi connectivity index (χ3n) is 5.99. The summed E-state index contributed by atoms with van der Waals surface area (Å²) in [7, 11) is 1.72. The van der Waals surface area contributed by atoms with Gasteiger partial charge >= 0.3 is 0 Å². The molecule has 1 heterocycles. The molecule has 156 valence electrons. The lowest BCUT2D eigenvalue weighted by Crippen LogP contribution is -2.25. The number of para-hydroxylation sites is 1. The molecule has 2 aromatic carbocycles. The van der Waals surface area contributed by atoms with Gasteiger partial charge in [0.1, 0.15) is 5.75 Å². The first-order valence-electron chi connectivity index (χ1n) is 10.9. The Balaban J connectivity index is 1.30. The Bertz CT molecular complexity index is 955. The minimum Gasteiger partial charge on any atom is -0.496 e. The minimum absolute atomic E-state index is 0.223. The van der Waals surface area contributed by atoms with Gasteiger partial charge in [0.25, 0.3) is 0 Å². The summed E-state index contributed by atoms with van der Waals surface area (Å²) in [6.45, 7) is 3.87. The van der Waals surface area contributed by atoms with E-state index in [0.29, 0.717) is 6.04 Å². The average molecular weight is 402 g/mol. The van der Waals surface area contributed by atoms with Crippen LogP contribution in [0.2, 0.25) is 0 Å². The minimum atomic E-state index is 0.223. The zero-order valence-corrected chi connectivity index (χ0v) is 17.9. The highest BCUT2D eigenvalue weighted by Gasteiger charge is 2.20. The van der Waals surface area contributed by atoms with Crippen LogP contribution < -0.4 is 15.4 Å². The maximum atomic E-state index is 5.48. The summed E-state index contributed by atoms with van der Waals surface area (Å²) in [6, 6.07) is 21.9. The van der Waals surface area contributed by atoms with Crippen LogP contribution in [0.5, 0.6) is 5.75 Å². The number of hydrogen-bond acceptors (Lipinski definition) is 4. The fourth-order valence-electron chi connectivity index (χ4n) is 4.23. The third-order valence-corrected chi connectivity index (χ3v) is 5.99. The Morgan fingerprint density at radius 2 is 1.77 bits per heavy atom. The lowest BCUT2D eigenvalue weighted by molar-refractivity contribution is 0.401. The number of ether oxygens (including phenoxy) is 1. The normalized spacial score (nSPS) is 16.7. The molecular formula is C26H31N3O. The Morgan fingerprint density at radius 1 is 1.00 bits per heavy atom. The molecule has 4 nitrogen and oxygen atoms in total. The third kappa shape index (κ3) is 4.89. The van der Waals surface area contributed by atoms with Crippen molar-refractivity contribution in [1.29, 1.82) is 0 Å². The Labute approximate surface area is 179 Å². The Morgan fingerprint density at radius 3 is 2.57 bits per heavy atom. The molecule has 0 saturated carbocycles. The second-order valence-electron chi connectivity index (χ2n) is 8.03. The molecule has 0 aliphatic heterocycles. The molecule has 4 heteroatoms. The standard InChI is InChI=1S/C26H31N3O/c1-19(23-9-3-4-11-25(23)30-2)28-17-20-12-14-21(15-13-20)18-29-24-10-5-7-22-8-6-16-27-26(22)24/h3-4,6,8-9,11-16,19,24,28-29H,5,7,10,17-18H2,1-2H3. The van der Waals surface area contributed by atoms with E-state index < -0.39 is 0 Å². The number of rotatable bonds is 8. The molecule has 0 radical (unpaired) electrons. The van der Waals surface area contributed by atoms with Gasteiger partial charge in [-0.15, -0.1) is 0 Å². The number of fused-ring (bicyclic) bond motifs is 1. The average Bonchev–Trinajstić information content (AvgIpc) is 2.81. The SMILES string of the molecule is COc1ccccc1C(C)NCc1ccc(CNC2CCCc3cccnc32)cc1. The number of nitrogens with zero attached hydrogens (tertiary/aromatic N) is 1. The number of aromatic nitrogens is 1. The second-order valence-corrected chi connectivity index (χ2v) is 8.03. The van der Waals surface area contributed by atoms with Gasteiger partial charge in [0.05, 0.1) is 18.8 Å². The quantitative estimate of drug-likeness (QED) is 0.551. The van der Waals surface area contributed by atoms with Gasteiger partial charge in [-0.25, -0.2) is 0 Å². The lowest BCUT2D eigenvalue weighted by Gasteiger charge is -2.25. The molecule has 1 aliphatic rings. The molecule has 30 heavy (non-hydrogen) atoms. The second kappa shape index (κ2) is 9.88. The molecule has 2 N–H and O–H groups in total. The van der Waals surface area contributed by atoms with Gasteiger partial charge in [0.2, 0.25) is 0 Å². The van der Waals surface area contributed by atoms with Gasteiger partial charge in [0, 0.05) is 30.9 Å². The predicted octanol–water partition coefficient (Wildman–Crippen LogP) is 5.11. The van der Waals surface area contributed by atoms with E-state index in [1.54, 1.807) is 7.11 Å². The van der Waals surface area contributed by atoms with E-state index in [-0.39, 0.29) is 6.04 Å². The zero-order chi connectivity index (χ0) is 20.8. The van der Waals surface area contributed by atoms with Crippen LogP contribution in [0.1, 0.15) is 59.8 Å². The highest BCUT2D eigenvalue weighted by molar-refractivity contribution is 5.35. The van der Waals surface area contributed by atoms with Crippen LogP contribution >= 0.6 is 0 Å². The summed E-state index contributed by atoms with van der Waals surface area (Å²) < 4.78 is 5.48. The monoisotopic (exact) mass is 401 g/mol. The summed E-state index contributed by atoms with van der Waals surface area (Å²) in [5.74, 6) is 0.928. The van der Waals surface area contributed by atoms with E-state index >= 15 is 0 Å². The summed E-state index contributed by atoms with van der Waals surface area (Å²) >= 11 is 0. The molecule has 2 atom stereocenters. The Hall–Kier alpha value is -2.69. The van der Waals surface area contributed by atoms with E-state index in [0.717, 1.165) is 31.7 Å². The Kier molecular flexibility index (Phi) is 6.77. The highest BCUT2D eigenvalue weighted by atomic mass is 16.5. The summed E-state index contributed by atoms with van der Waals surface area (Å²) in [6.07, 6.45) is 5.45. The fraction of sp³-hybridized carbons (Fsp3) is 0.346. The topological polar surface area (TPSA) is 46.2 Å². The maximum absolute atomic E-state index is 5.48. The van der Waals surface area contributed by atoms with E-state index in [1.165, 1.54) is 34.4 Å². The number of aryl methyl sites for hydroxylation is 1. The first-order chi connectivity index (χ1) is 14.7. The molecule has 0 fully saturated rings. The number of nitrogens with one attached hydrogen (secondary N) is 2. The van der Waals surface area contributed by atoms with Crippen LogP contribution in [-0.4, -0.2) is 12.1 Å². The van der Waals surface area contributed by atoms with Crippen molar-refractivity contribution >= 4 is 0 Å². The van der Waals surface area contributed by atoms with Crippen LogP contribution in [0.3, 0.4) is 0 Å². The van der Waals surface area contributed by atoms with E-state index in [1.807, 2.05) is 24.4 Å². The van der Waals surface area contributed by atoms with Crippen molar-refractivity contribution in [3.63, 3.8) is 0 Å². The van der Waals surface area contributed by atoms with Crippen LogP contribution in [-0.2, 0) is 19.5 Å². The summed E-state index contributed by atoms with van der Waals surface area (Å²) in [4.78, 5) is 4.63. The van der Waals surface area contributed by atoms with Gasteiger partial charge in [-0.3, -0.25) is 4.98 Å². The molecule has 4 rings (SSSR count). The first kappa shape index (κ1) is 20.6. The van der Waals surface area contributed by atoms with Gasteiger partial charge in [0.15, 0.2) is 0 Å². The smallest absolute Gasteiger partial charge is 0.123 e. The van der Waals surface area contributed by atoms with Crippen molar-refractivity contribution in [3.8, 4) is 5.75 Å². The molecular weight excluding hydrogens is 370 g/mol. The first-order valence-corrected chi connectivity index (χ1v) is 10.9. The summed E-state index contributed by atoms with van der Waals surface area (Å²) in [5, 5.41) is 7.31. The van der Waals surface area contributed by atoms with Crippen molar-refractivity contribution in [2.24, 2.45) is 0 Å². The van der Waals surface area contributed by atoms with Crippen LogP contribution in [0.4, 0.5) is 0 Å². The van der Waals surface area contributed by atoms with Crippen molar-refractivity contribution in [3.05, 3.63) is 94.8 Å². The molecule has 0 bridgehead atoms. The van der Waals surface area contributed by atoms with Crippen LogP contribution in [0.15, 0.2) is 66.9 Å². The molecule has 2 unspecified atom stereocenters. The number of pyridine rings is 1. The number of hydrogen-bond donors (Lipinski definition) is 2. The molecule has 1 aliphatic carbocycles. The molecule has 1 aromatic heterocycles. The predicted molar refractivity (Wildman–Crippen MR) is 121 cm³/mol. The largest absolute Gasteiger partial charge is 0.496 e. The van der Waals surface area contributed by atoms with Gasteiger partial charge in [-0.2, -0.15) is 0 Å². The molecule has 3 aromatic rings. The lowest BCUT2D eigenvalue weighted by atomic mass is 9.92.